The summed E-state index contributed by atoms with van der Waals surface area (Å²) in [4.78, 5) is 25.1. The van der Waals surface area contributed by atoms with E-state index in [1.807, 2.05) is 29.1 Å². The number of likely N-dealkylation sites (tertiary alicyclic amines) is 1. The van der Waals surface area contributed by atoms with Gasteiger partial charge in [0.1, 0.15) is 0 Å². The first-order valence-corrected chi connectivity index (χ1v) is 8.49. The van der Waals surface area contributed by atoms with Gasteiger partial charge in [-0.1, -0.05) is 30.3 Å². The Morgan fingerprint density at radius 2 is 1.88 bits per heavy atom. The number of amides is 3. The van der Waals surface area contributed by atoms with Crippen LogP contribution in [0.4, 0.5) is 4.79 Å². The number of rotatable bonds is 5. The molecule has 0 spiro atoms. The van der Waals surface area contributed by atoms with Gasteiger partial charge in [0.05, 0.1) is 12.7 Å². The van der Waals surface area contributed by atoms with Crippen molar-refractivity contribution >= 4 is 11.9 Å². The zero-order valence-corrected chi connectivity index (χ0v) is 14.1. The molecule has 0 radical (unpaired) electrons. The van der Waals surface area contributed by atoms with E-state index in [0.29, 0.717) is 39.0 Å². The maximum absolute atomic E-state index is 12.2. The van der Waals surface area contributed by atoms with Crippen LogP contribution in [0.1, 0.15) is 24.0 Å². The highest BCUT2D eigenvalue weighted by atomic mass is 16.2. The molecule has 3 amide bonds. The Hall–Kier alpha value is -2.83. The van der Waals surface area contributed by atoms with Gasteiger partial charge >= 0.3 is 6.03 Å². The van der Waals surface area contributed by atoms with Gasteiger partial charge in [0.25, 0.3) is 0 Å². The molecule has 1 saturated heterocycles. The van der Waals surface area contributed by atoms with Crippen LogP contribution in [0, 0.1) is 5.92 Å². The number of carbonyl (C=O) groups is 2. The molecule has 0 bridgehead atoms. The van der Waals surface area contributed by atoms with Crippen molar-refractivity contribution in [1.29, 1.82) is 0 Å². The van der Waals surface area contributed by atoms with Gasteiger partial charge in [-0.15, -0.1) is 0 Å². The highest BCUT2D eigenvalue weighted by Crippen LogP contribution is 2.16. The third-order valence-electron chi connectivity index (χ3n) is 4.50. The van der Waals surface area contributed by atoms with Crippen LogP contribution >= 0.6 is 0 Å². The van der Waals surface area contributed by atoms with Crippen LogP contribution in [0.2, 0.25) is 0 Å². The quantitative estimate of drug-likeness (QED) is 0.859. The molecule has 7 heteroatoms. The Labute approximate surface area is 146 Å². The molecule has 3 N–H and O–H groups in total. The van der Waals surface area contributed by atoms with Gasteiger partial charge in [0.15, 0.2) is 0 Å². The Balaban J connectivity index is 1.46. The number of hydrogen-bond acceptors (Lipinski definition) is 3. The minimum atomic E-state index is -0.272. The molecule has 7 nitrogen and oxygen atoms in total. The van der Waals surface area contributed by atoms with Crippen molar-refractivity contribution in [2.24, 2.45) is 11.7 Å². The van der Waals surface area contributed by atoms with Crippen molar-refractivity contribution in [2.75, 3.05) is 13.1 Å². The fraction of sp³-hybridized carbons (Fsp3) is 0.389. The Morgan fingerprint density at radius 1 is 1.16 bits per heavy atom. The molecule has 1 aliphatic heterocycles. The van der Waals surface area contributed by atoms with E-state index in [2.05, 4.69) is 22.5 Å². The second-order valence-electron chi connectivity index (χ2n) is 6.35. The van der Waals surface area contributed by atoms with Crippen LogP contribution in [-0.4, -0.2) is 39.7 Å². The Kier molecular flexibility index (Phi) is 5.33. The van der Waals surface area contributed by atoms with Crippen molar-refractivity contribution in [2.45, 2.75) is 25.9 Å². The minimum absolute atomic E-state index is 0.111. The Morgan fingerprint density at radius 3 is 2.56 bits per heavy atom. The van der Waals surface area contributed by atoms with Gasteiger partial charge in [0.2, 0.25) is 5.91 Å². The van der Waals surface area contributed by atoms with E-state index in [-0.39, 0.29) is 17.9 Å². The van der Waals surface area contributed by atoms with Gasteiger partial charge in [0, 0.05) is 37.3 Å². The third-order valence-corrected chi connectivity index (χ3v) is 4.50. The fourth-order valence-electron chi connectivity index (χ4n) is 3.01. The number of urea groups is 1. The van der Waals surface area contributed by atoms with Crippen molar-refractivity contribution < 1.29 is 9.59 Å². The van der Waals surface area contributed by atoms with Crippen molar-refractivity contribution in [3.8, 4) is 0 Å². The summed E-state index contributed by atoms with van der Waals surface area (Å²) in [5, 5.41) is 7.24. The lowest BCUT2D eigenvalue weighted by molar-refractivity contribution is -0.123. The van der Waals surface area contributed by atoms with E-state index >= 15 is 0 Å². The average Bonchev–Trinajstić information content (AvgIpc) is 3.08. The van der Waals surface area contributed by atoms with Crippen molar-refractivity contribution in [3.63, 3.8) is 0 Å². The van der Waals surface area contributed by atoms with E-state index in [0.717, 1.165) is 5.56 Å². The number of piperidine rings is 1. The van der Waals surface area contributed by atoms with E-state index in [9.17, 15) is 9.59 Å². The molecule has 1 aromatic heterocycles. The third kappa shape index (κ3) is 4.59. The normalized spacial score (nSPS) is 15.1. The largest absolute Gasteiger partial charge is 0.369 e. The molecule has 1 aromatic carbocycles. The highest BCUT2D eigenvalue weighted by molar-refractivity contribution is 5.78. The summed E-state index contributed by atoms with van der Waals surface area (Å²) in [7, 11) is 0. The SMILES string of the molecule is NC(=O)C1CCN(C(=O)NCc2cnn(Cc3ccccc3)c2)CC1. The number of hydrogen-bond donors (Lipinski definition) is 2. The molecule has 0 atom stereocenters. The molecule has 0 aliphatic carbocycles. The summed E-state index contributed by atoms with van der Waals surface area (Å²) < 4.78 is 1.86. The van der Waals surface area contributed by atoms with E-state index in [1.54, 1.807) is 11.1 Å². The Bertz CT molecular complexity index is 720. The molecular formula is C18H23N5O2. The lowest BCUT2D eigenvalue weighted by Crippen LogP contribution is -2.46. The molecule has 0 saturated carbocycles. The van der Waals surface area contributed by atoms with Crippen LogP contribution in [-0.2, 0) is 17.9 Å². The van der Waals surface area contributed by atoms with Crippen LogP contribution in [0.5, 0.6) is 0 Å². The molecule has 132 valence electrons. The maximum Gasteiger partial charge on any atom is 0.317 e. The number of primary amides is 1. The number of carbonyl (C=O) groups excluding carboxylic acids is 2. The summed E-state index contributed by atoms with van der Waals surface area (Å²) in [6.45, 7) is 2.26. The summed E-state index contributed by atoms with van der Waals surface area (Å²) in [5.74, 6) is -0.383. The topological polar surface area (TPSA) is 93.2 Å². The average molecular weight is 341 g/mol. The van der Waals surface area contributed by atoms with Crippen molar-refractivity contribution in [3.05, 3.63) is 53.9 Å². The zero-order valence-electron chi connectivity index (χ0n) is 14.1. The van der Waals surface area contributed by atoms with Crippen LogP contribution in [0.25, 0.3) is 0 Å². The lowest BCUT2D eigenvalue weighted by Gasteiger charge is -2.30. The number of nitrogens with one attached hydrogen (secondary N) is 1. The lowest BCUT2D eigenvalue weighted by atomic mass is 9.96. The van der Waals surface area contributed by atoms with E-state index in [1.165, 1.54) is 5.56 Å². The zero-order chi connectivity index (χ0) is 17.6. The molecule has 1 fully saturated rings. The number of nitrogens with zero attached hydrogens (tertiary/aromatic N) is 3. The van der Waals surface area contributed by atoms with Crippen LogP contribution in [0.3, 0.4) is 0 Å². The highest BCUT2D eigenvalue weighted by Gasteiger charge is 2.25. The fourth-order valence-corrected chi connectivity index (χ4v) is 3.01. The molecule has 3 rings (SSSR count). The van der Waals surface area contributed by atoms with Gasteiger partial charge < -0.3 is 16.0 Å². The van der Waals surface area contributed by atoms with E-state index < -0.39 is 0 Å². The van der Waals surface area contributed by atoms with Gasteiger partial charge in [-0.2, -0.15) is 5.10 Å². The number of benzene rings is 1. The first kappa shape index (κ1) is 17.0. The summed E-state index contributed by atoms with van der Waals surface area (Å²) >= 11 is 0. The van der Waals surface area contributed by atoms with Crippen LogP contribution in [0.15, 0.2) is 42.7 Å². The molecule has 0 unspecified atom stereocenters. The number of aromatic nitrogens is 2. The predicted octanol–water partition coefficient (Wildman–Crippen LogP) is 1.34. The molecule has 1 aliphatic rings. The smallest absolute Gasteiger partial charge is 0.317 e. The number of nitrogens with two attached hydrogens (primary N) is 1. The van der Waals surface area contributed by atoms with Crippen molar-refractivity contribution in [1.82, 2.24) is 20.0 Å². The molecule has 2 aromatic rings. The van der Waals surface area contributed by atoms with Gasteiger partial charge in [-0.25, -0.2) is 4.79 Å². The van der Waals surface area contributed by atoms with Crippen LogP contribution < -0.4 is 11.1 Å². The summed E-state index contributed by atoms with van der Waals surface area (Å²) in [6.07, 6.45) is 4.98. The predicted molar refractivity (Wildman–Crippen MR) is 93.5 cm³/mol. The first-order valence-electron chi connectivity index (χ1n) is 8.49. The van der Waals surface area contributed by atoms with E-state index in [4.69, 9.17) is 5.73 Å². The molecule has 2 heterocycles. The second kappa shape index (κ2) is 7.83. The van der Waals surface area contributed by atoms with Gasteiger partial charge in [-0.05, 0) is 18.4 Å². The first-order chi connectivity index (χ1) is 12.1. The summed E-state index contributed by atoms with van der Waals surface area (Å²) in [5.41, 5.74) is 7.45. The summed E-state index contributed by atoms with van der Waals surface area (Å²) in [6, 6.07) is 9.99. The minimum Gasteiger partial charge on any atom is -0.369 e. The molecular weight excluding hydrogens is 318 g/mol. The second-order valence-corrected chi connectivity index (χ2v) is 6.35. The maximum atomic E-state index is 12.2. The standard InChI is InChI=1S/C18H23N5O2/c19-17(24)16-6-8-22(9-7-16)18(25)20-10-15-11-21-23(13-15)12-14-4-2-1-3-5-14/h1-5,11,13,16H,6-10,12H2,(H2,19,24)(H,20,25). The molecule has 25 heavy (non-hydrogen) atoms. The monoisotopic (exact) mass is 341 g/mol. The van der Waals surface area contributed by atoms with Gasteiger partial charge in [-0.3, -0.25) is 9.48 Å².